The maximum atomic E-state index is 11.8. The number of hydrogen-bond donors (Lipinski definition) is 2. The first kappa shape index (κ1) is 28.8. The molecule has 0 radical (unpaired) electrons. The zero-order chi connectivity index (χ0) is 31.0. The summed E-state index contributed by atoms with van der Waals surface area (Å²) < 4.78 is 0. The van der Waals surface area contributed by atoms with E-state index in [2.05, 4.69) is 86.9 Å². The van der Waals surface area contributed by atoms with Crippen LogP contribution < -0.4 is 10.6 Å². The monoisotopic (exact) mass is 592 g/mol. The fourth-order valence-corrected chi connectivity index (χ4v) is 15.3. The molecule has 8 fully saturated rings. The van der Waals surface area contributed by atoms with Crippen molar-refractivity contribution in [2.45, 2.75) is 129 Å². The molecule has 4 atom stereocenters. The van der Waals surface area contributed by atoms with E-state index in [1.807, 2.05) is 0 Å². The molecule has 4 heteroatoms. The molecule has 0 spiro atoms. The van der Waals surface area contributed by atoms with Gasteiger partial charge in [-0.3, -0.25) is 9.59 Å². The normalized spacial score (nSPS) is 46.2. The van der Waals surface area contributed by atoms with Crippen molar-refractivity contribution in [2.24, 2.45) is 32.5 Å². The number of anilines is 2. The van der Waals surface area contributed by atoms with Gasteiger partial charge < -0.3 is 10.6 Å². The second-order valence-electron chi connectivity index (χ2n) is 19.0. The van der Waals surface area contributed by atoms with Crippen molar-refractivity contribution < 1.29 is 9.59 Å². The van der Waals surface area contributed by atoms with Crippen LogP contribution in [0.25, 0.3) is 0 Å². The van der Waals surface area contributed by atoms with E-state index in [9.17, 15) is 9.59 Å². The van der Waals surface area contributed by atoms with Gasteiger partial charge in [0.05, 0.1) is 0 Å². The summed E-state index contributed by atoms with van der Waals surface area (Å²) in [6, 6.07) is 18.0. The summed E-state index contributed by atoms with van der Waals surface area (Å²) in [6.45, 7) is 13.8. The summed E-state index contributed by atoms with van der Waals surface area (Å²) in [7, 11) is 0. The fraction of sp³-hybridized carbons (Fsp3) is 0.650. The molecule has 44 heavy (non-hydrogen) atoms. The van der Waals surface area contributed by atoms with E-state index in [0.717, 1.165) is 11.4 Å². The molecule has 4 nitrogen and oxygen atoms in total. The quantitative estimate of drug-likeness (QED) is 0.363. The Hall–Kier alpha value is -2.62. The van der Waals surface area contributed by atoms with Crippen LogP contribution in [0.5, 0.6) is 0 Å². The highest BCUT2D eigenvalue weighted by Gasteiger charge is 2.76. The van der Waals surface area contributed by atoms with Crippen molar-refractivity contribution in [1.82, 2.24) is 0 Å². The molecule has 10 rings (SSSR count). The van der Waals surface area contributed by atoms with Gasteiger partial charge in [-0.1, -0.05) is 52.0 Å². The number of carbonyl (C=O) groups excluding carboxylic acids is 2. The molecule has 2 aromatic rings. The van der Waals surface area contributed by atoms with Gasteiger partial charge in [-0.15, -0.1) is 0 Å². The predicted octanol–water partition coefficient (Wildman–Crippen LogP) is 9.54. The summed E-state index contributed by atoms with van der Waals surface area (Å²) in [6.07, 6.45) is 16.2. The molecule has 2 N–H and O–H groups in total. The van der Waals surface area contributed by atoms with E-state index in [4.69, 9.17) is 0 Å². The van der Waals surface area contributed by atoms with Gasteiger partial charge >= 0.3 is 0 Å². The van der Waals surface area contributed by atoms with Crippen LogP contribution in [0.15, 0.2) is 48.5 Å². The minimum absolute atomic E-state index is 0.00554. The van der Waals surface area contributed by atoms with Crippen molar-refractivity contribution in [3.63, 3.8) is 0 Å². The highest BCUT2D eigenvalue weighted by Crippen LogP contribution is 2.85. The number of amides is 2. The van der Waals surface area contributed by atoms with Gasteiger partial charge in [0.15, 0.2) is 0 Å². The van der Waals surface area contributed by atoms with Crippen LogP contribution in [-0.2, 0) is 20.4 Å². The van der Waals surface area contributed by atoms with Crippen molar-refractivity contribution in [3.05, 3.63) is 59.7 Å². The summed E-state index contributed by atoms with van der Waals surface area (Å²) in [5.41, 5.74) is 7.47. The molecule has 234 valence electrons. The van der Waals surface area contributed by atoms with E-state index in [1.165, 1.54) is 88.2 Å². The van der Waals surface area contributed by atoms with Crippen LogP contribution in [0, 0.1) is 32.5 Å². The molecule has 4 unspecified atom stereocenters. The average Bonchev–Trinajstić information content (AvgIpc) is 2.84. The van der Waals surface area contributed by atoms with Crippen LogP contribution in [0.3, 0.4) is 0 Å². The van der Waals surface area contributed by atoms with Crippen LogP contribution >= 0.6 is 0 Å². The maximum absolute atomic E-state index is 11.8. The lowest BCUT2D eigenvalue weighted by atomic mass is 9.24. The lowest BCUT2D eigenvalue weighted by Gasteiger charge is -2.80. The van der Waals surface area contributed by atoms with Crippen molar-refractivity contribution in [1.29, 1.82) is 0 Å². The molecule has 2 aromatic carbocycles. The summed E-state index contributed by atoms with van der Waals surface area (Å²) >= 11 is 0. The minimum Gasteiger partial charge on any atom is -0.326 e. The van der Waals surface area contributed by atoms with Gasteiger partial charge in [-0.05, 0) is 156 Å². The zero-order valence-corrected chi connectivity index (χ0v) is 27.9. The third-order valence-electron chi connectivity index (χ3n) is 13.9. The van der Waals surface area contributed by atoms with Crippen LogP contribution in [0.2, 0.25) is 0 Å². The predicted molar refractivity (Wildman–Crippen MR) is 178 cm³/mol. The third kappa shape index (κ3) is 4.14. The number of benzene rings is 2. The first-order valence-electron chi connectivity index (χ1n) is 17.3. The van der Waals surface area contributed by atoms with Crippen LogP contribution in [-0.4, -0.2) is 11.8 Å². The SMILES string of the molecule is CC(=O)Nc1ccc(C23CC4(C)CC(C)(C2)CC(C25CC6(C)CC(C)(CC(c7ccc(NC(C)=O)cc7)(C6)C2)C5)(C4)C3)cc1. The van der Waals surface area contributed by atoms with Crippen molar-refractivity contribution in [2.75, 3.05) is 10.6 Å². The lowest BCUT2D eigenvalue weighted by Crippen LogP contribution is -2.71. The topological polar surface area (TPSA) is 58.2 Å². The summed E-state index contributed by atoms with van der Waals surface area (Å²) in [4.78, 5) is 23.5. The Labute approximate surface area is 264 Å². The molecule has 8 bridgehead atoms. The molecule has 0 aromatic heterocycles. The largest absolute Gasteiger partial charge is 0.326 e. The number of hydrogen-bond acceptors (Lipinski definition) is 2. The van der Waals surface area contributed by atoms with Gasteiger partial charge in [0.25, 0.3) is 0 Å². The van der Waals surface area contributed by atoms with E-state index in [0.29, 0.717) is 32.5 Å². The van der Waals surface area contributed by atoms with Crippen molar-refractivity contribution >= 4 is 23.2 Å². The van der Waals surface area contributed by atoms with E-state index >= 15 is 0 Å². The number of nitrogens with one attached hydrogen (secondary N) is 2. The smallest absolute Gasteiger partial charge is 0.221 e. The average molecular weight is 593 g/mol. The molecule has 8 aliphatic rings. The Morgan fingerprint density at radius 3 is 1.02 bits per heavy atom. The Morgan fingerprint density at radius 1 is 0.455 bits per heavy atom. The van der Waals surface area contributed by atoms with Crippen LogP contribution in [0.4, 0.5) is 11.4 Å². The lowest BCUT2D eigenvalue weighted by molar-refractivity contribution is -0.275. The van der Waals surface area contributed by atoms with E-state index < -0.39 is 0 Å². The standard InChI is InChI=1S/C40H52N2O2/c1-27(43)41-31-11-7-29(8-12-31)37-17-33(3)15-34(4,18-37)22-39(21-33,25-37)40-23-35(5)16-36(6,24-40)20-38(19-35,26-40)30-9-13-32(14-10-30)42-28(2)44/h7-14H,15-26H2,1-6H3,(H,41,43)(H,42,44). The van der Waals surface area contributed by atoms with Gasteiger partial charge in [-0.25, -0.2) is 0 Å². The summed E-state index contributed by atoms with van der Waals surface area (Å²) in [5.74, 6) is -0.0111. The van der Waals surface area contributed by atoms with E-state index in [-0.39, 0.29) is 22.6 Å². The Balaban J connectivity index is 1.23. The van der Waals surface area contributed by atoms with Gasteiger partial charge in [0, 0.05) is 25.2 Å². The summed E-state index contributed by atoms with van der Waals surface area (Å²) in [5, 5.41) is 6.00. The van der Waals surface area contributed by atoms with Crippen molar-refractivity contribution in [3.8, 4) is 0 Å². The van der Waals surface area contributed by atoms with Gasteiger partial charge in [-0.2, -0.15) is 0 Å². The minimum atomic E-state index is -0.00554. The fourth-order valence-electron chi connectivity index (χ4n) is 15.3. The highest BCUT2D eigenvalue weighted by molar-refractivity contribution is 5.89. The second-order valence-corrected chi connectivity index (χ2v) is 19.0. The first-order valence-corrected chi connectivity index (χ1v) is 17.3. The molecule has 0 aliphatic heterocycles. The third-order valence-corrected chi connectivity index (χ3v) is 13.9. The van der Waals surface area contributed by atoms with Gasteiger partial charge in [0.1, 0.15) is 0 Å². The molecule has 0 heterocycles. The highest BCUT2D eigenvalue weighted by atomic mass is 16.2. The van der Waals surface area contributed by atoms with E-state index in [1.54, 1.807) is 13.8 Å². The molecule has 0 saturated heterocycles. The number of carbonyl (C=O) groups is 2. The maximum Gasteiger partial charge on any atom is 0.221 e. The van der Waals surface area contributed by atoms with Gasteiger partial charge in [0.2, 0.25) is 11.8 Å². The second kappa shape index (κ2) is 8.59. The van der Waals surface area contributed by atoms with Crippen LogP contribution in [0.1, 0.15) is 130 Å². The molecule has 8 aliphatic carbocycles. The molecule has 8 saturated carbocycles. The molecular formula is C40H52N2O2. The molecule has 2 amide bonds. The number of rotatable bonds is 5. The molecular weight excluding hydrogens is 540 g/mol. The Bertz CT molecular complexity index is 1400. The Kier molecular flexibility index (Phi) is 5.63. The first-order chi connectivity index (χ1) is 20.5. The zero-order valence-electron chi connectivity index (χ0n) is 27.9. The Morgan fingerprint density at radius 2 is 0.750 bits per heavy atom.